The summed E-state index contributed by atoms with van der Waals surface area (Å²) in [7, 11) is 1.76. The van der Waals surface area contributed by atoms with Crippen molar-refractivity contribution in [3.63, 3.8) is 0 Å². The van der Waals surface area contributed by atoms with E-state index in [0.717, 1.165) is 12.0 Å². The van der Waals surface area contributed by atoms with Crippen molar-refractivity contribution < 1.29 is 4.79 Å². The van der Waals surface area contributed by atoms with Crippen molar-refractivity contribution in [2.75, 3.05) is 18.9 Å². The number of amides is 2. The molecule has 0 spiro atoms. The lowest BCUT2D eigenvalue weighted by Gasteiger charge is -2.22. The van der Waals surface area contributed by atoms with Crippen LogP contribution in [0.25, 0.3) is 0 Å². The fraction of sp³-hybridized carbons (Fsp3) is 0.533. The number of nitrogens with one attached hydrogen (secondary N) is 1. The molecule has 0 saturated carbocycles. The number of anilines is 1. The van der Waals surface area contributed by atoms with Gasteiger partial charge < -0.3 is 16.0 Å². The van der Waals surface area contributed by atoms with E-state index < -0.39 is 0 Å². The highest BCUT2D eigenvalue weighted by atomic mass is 35.5. The fourth-order valence-corrected chi connectivity index (χ4v) is 1.85. The van der Waals surface area contributed by atoms with Gasteiger partial charge in [-0.25, -0.2) is 4.79 Å². The molecular weight excluding hydrogens is 274 g/mol. The van der Waals surface area contributed by atoms with Gasteiger partial charge in [-0.3, -0.25) is 0 Å². The summed E-state index contributed by atoms with van der Waals surface area (Å²) >= 11 is 6.03. The van der Waals surface area contributed by atoms with E-state index >= 15 is 0 Å². The normalized spacial score (nSPS) is 12.3. The van der Waals surface area contributed by atoms with E-state index in [4.69, 9.17) is 17.3 Å². The van der Waals surface area contributed by atoms with E-state index in [1.165, 1.54) is 0 Å². The standard InChI is InChI=1S/C15H24ClN3O/c1-10(2)14(17)7-8-19(4)15(20)18-12-6-5-11(3)13(16)9-12/h5-6,9-10,14H,7-8,17H2,1-4H3,(H,18,20). The Hall–Kier alpha value is -1.26. The van der Waals surface area contributed by atoms with Crippen molar-refractivity contribution in [1.82, 2.24) is 4.90 Å². The van der Waals surface area contributed by atoms with E-state index in [-0.39, 0.29) is 12.1 Å². The van der Waals surface area contributed by atoms with Crippen molar-refractivity contribution in [3.8, 4) is 0 Å². The van der Waals surface area contributed by atoms with Gasteiger partial charge in [0.25, 0.3) is 0 Å². The first-order valence-corrected chi connectivity index (χ1v) is 7.23. The average molecular weight is 298 g/mol. The maximum atomic E-state index is 12.0. The fourth-order valence-electron chi connectivity index (χ4n) is 1.67. The number of rotatable bonds is 5. The van der Waals surface area contributed by atoms with E-state index in [2.05, 4.69) is 19.2 Å². The number of carbonyl (C=O) groups excluding carboxylic acids is 1. The van der Waals surface area contributed by atoms with E-state index in [0.29, 0.717) is 23.2 Å². The molecule has 1 aromatic carbocycles. The lowest BCUT2D eigenvalue weighted by atomic mass is 10.0. The third kappa shape index (κ3) is 5.02. The third-order valence-electron chi connectivity index (χ3n) is 3.42. The largest absolute Gasteiger partial charge is 0.328 e. The van der Waals surface area contributed by atoms with E-state index in [1.807, 2.05) is 19.1 Å². The second-order valence-electron chi connectivity index (χ2n) is 5.51. The number of nitrogens with two attached hydrogens (primary N) is 1. The molecular formula is C15H24ClN3O. The van der Waals surface area contributed by atoms with Crippen LogP contribution >= 0.6 is 11.6 Å². The first-order valence-electron chi connectivity index (χ1n) is 6.85. The molecule has 0 aliphatic rings. The maximum Gasteiger partial charge on any atom is 0.321 e. The monoisotopic (exact) mass is 297 g/mol. The zero-order valence-electron chi connectivity index (χ0n) is 12.6. The summed E-state index contributed by atoms with van der Waals surface area (Å²) in [6.45, 7) is 6.72. The Labute approximate surface area is 126 Å². The van der Waals surface area contributed by atoms with Gasteiger partial charge in [-0.2, -0.15) is 0 Å². The number of benzene rings is 1. The summed E-state index contributed by atoms with van der Waals surface area (Å²) in [6, 6.07) is 5.43. The van der Waals surface area contributed by atoms with Crippen molar-refractivity contribution in [1.29, 1.82) is 0 Å². The van der Waals surface area contributed by atoms with Crippen molar-refractivity contribution >= 4 is 23.3 Å². The van der Waals surface area contributed by atoms with E-state index in [9.17, 15) is 4.79 Å². The minimum atomic E-state index is -0.152. The van der Waals surface area contributed by atoms with Crippen LogP contribution in [0.5, 0.6) is 0 Å². The van der Waals surface area contributed by atoms with Crippen LogP contribution in [-0.2, 0) is 0 Å². The van der Waals surface area contributed by atoms with Crippen LogP contribution < -0.4 is 11.1 Å². The minimum Gasteiger partial charge on any atom is -0.328 e. The molecule has 0 fully saturated rings. The molecule has 0 aromatic heterocycles. The van der Waals surface area contributed by atoms with Crippen LogP contribution in [0.1, 0.15) is 25.8 Å². The smallest absolute Gasteiger partial charge is 0.321 e. The molecule has 0 aliphatic heterocycles. The van der Waals surface area contributed by atoms with Crippen LogP contribution in [0, 0.1) is 12.8 Å². The quantitative estimate of drug-likeness (QED) is 0.874. The Morgan fingerprint density at radius 3 is 2.65 bits per heavy atom. The van der Waals surface area contributed by atoms with Gasteiger partial charge in [0.05, 0.1) is 0 Å². The lowest BCUT2D eigenvalue weighted by molar-refractivity contribution is 0.219. The van der Waals surface area contributed by atoms with Gasteiger partial charge in [0.1, 0.15) is 0 Å². The number of hydrogen-bond acceptors (Lipinski definition) is 2. The number of halogens is 1. The summed E-state index contributed by atoms with van der Waals surface area (Å²) in [5, 5.41) is 3.47. The Kier molecular flexibility index (Phi) is 6.30. The zero-order chi connectivity index (χ0) is 15.3. The molecule has 0 saturated heterocycles. The summed E-state index contributed by atoms with van der Waals surface area (Å²) in [5.74, 6) is 0.419. The Bertz CT molecular complexity index is 462. The second kappa shape index (κ2) is 7.50. The Balaban J connectivity index is 2.51. The molecule has 0 radical (unpaired) electrons. The van der Waals surface area contributed by atoms with Gasteiger partial charge in [0, 0.05) is 30.3 Å². The molecule has 5 heteroatoms. The predicted octanol–water partition coefficient (Wildman–Crippen LogP) is 3.49. The number of carbonyl (C=O) groups is 1. The average Bonchev–Trinajstić information content (AvgIpc) is 2.39. The minimum absolute atomic E-state index is 0.110. The van der Waals surface area contributed by atoms with Gasteiger partial charge >= 0.3 is 6.03 Å². The van der Waals surface area contributed by atoms with Crippen molar-refractivity contribution in [3.05, 3.63) is 28.8 Å². The van der Waals surface area contributed by atoms with Gasteiger partial charge in [-0.1, -0.05) is 31.5 Å². The van der Waals surface area contributed by atoms with Crippen LogP contribution in [0.2, 0.25) is 5.02 Å². The van der Waals surface area contributed by atoms with Crippen LogP contribution in [0.15, 0.2) is 18.2 Å². The lowest BCUT2D eigenvalue weighted by Crippen LogP contribution is -2.36. The first-order chi connectivity index (χ1) is 9.31. The first kappa shape index (κ1) is 16.8. The molecule has 0 heterocycles. The third-order valence-corrected chi connectivity index (χ3v) is 3.83. The SMILES string of the molecule is Cc1ccc(NC(=O)N(C)CCC(N)C(C)C)cc1Cl. The molecule has 1 rings (SSSR count). The van der Waals surface area contributed by atoms with E-state index in [1.54, 1.807) is 18.0 Å². The van der Waals surface area contributed by atoms with Gasteiger partial charge in [-0.05, 0) is 37.0 Å². The number of nitrogens with zero attached hydrogens (tertiary/aromatic N) is 1. The predicted molar refractivity (Wildman–Crippen MR) is 85.3 cm³/mol. The Morgan fingerprint density at radius 2 is 2.10 bits per heavy atom. The molecule has 112 valence electrons. The summed E-state index contributed by atoms with van der Waals surface area (Å²) in [4.78, 5) is 13.7. The van der Waals surface area contributed by atoms with Crippen LogP contribution in [0.4, 0.5) is 10.5 Å². The second-order valence-corrected chi connectivity index (χ2v) is 5.92. The molecule has 1 unspecified atom stereocenters. The van der Waals surface area contributed by atoms with Gasteiger partial charge in [0.15, 0.2) is 0 Å². The zero-order valence-corrected chi connectivity index (χ0v) is 13.4. The number of urea groups is 1. The summed E-state index contributed by atoms with van der Waals surface area (Å²) in [5.41, 5.74) is 7.66. The number of hydrogen-bond donors (Lipinski definition) is 2. The van der Waals surface area contributed by atoms with Crippen LogP contribution in [-0.4, -0.2) is 30.6 Å². The Morgan fingerprint density at radius 1 is 1.45 bits per heavy atom. The van der Waals surface area contributed by atoms with Crippen molar-refractivity contribution in [2.24, 2.45) is 11.7 Å². The topological polar surface area (TPSA) is 58.4 Å². The highest BCUT2D eigenvalue weighted by Crippen LogP contribution is 2.20. The molecule has 1 aromatic rings. The molecule has 2 amide bonds. The van der Waals surface area contributed by atoms with Crippen molar-refractivity contribution in [2.45, 2.75) is 33.2 Å². The summed E-state index contributed by atoms with van der Waals surface area (Å²) < 4.78 is 0. The molecule has 20 heavy (non-hydrogen) atoms. The van der Waals surface area contributed by atoms with Crippen LogP contribution in [0.3, 0.4) is 0 Å². The highest BCUT2D eigenvalue weighted by molar-refractivity contribution is 6.31. The maximum absolute atomic E-state index is 12.0. The summed E-state index contributed by atoms with van der Waals surface area (Å²) in [6.07, 6.45) is 0.788. The molecule has 3 N–H and O–H groups in total. The van der Waals surface area contributed by atoms with Gasteiger partial charge in [-0.15, -0.1) is 0 Å². The molecule has 4 nitrogen and oxygen atoms in total. The molecule has 0 bridgehead atoms. The van der Waals surface area contributed by atoms with Gasteiger partial charge in [0.2, 0.25) is 0 Å². The molecule has 0 aliphatic carbocycles. The highest BCUT2D eigenvalue weighted by Gasteiger charge is 2.13. The number of aryl methyl sites for hydroxylation is 1. The molecule has 1 atom stereocenters.